The molecule has 3 rings (SSSR count). The Bertz CT molecular complexity index is 398. The van der Waals surface area contributed by atoms with Gasteiger partial charge >= 0.3 is 0 Å². The van der Waals surface area contributed by atoms with Crippen molar-refractivity contribution in [1.82, 2.24) is 4.90 Å². The van der Waals surface area contributed by atoms with Gasteiger partial charge in [0.1, 0.15) is 0 Å². The third kappa shape index (κ3) is 3.54. The van der Waals surface area contributed by atoms with Gasteiger partial charge in [-0.05, 0) is 63.7 Å². The van der Waals surface area contributed by atoms with Gasteiger partial charge in [0.05, 0.1) is 0 Å². The van der Waals surface area contributed by atoms with Crippen molar-refractivity contribution in [3.63, 3.8) is 0 Å². The van der Waals surface area contributed by atoms with Gasteiger partial charge in [-0.2, -0.15) is 0 Å². The van der Waals surface area contributed by atoms with Gasteiger partial charge < -0.3 is 9.80 Å². The molecule has 2 saturated heterocycles. The van der Waals surface area contributed by atoms with Gasteiger partial charge in [0, 0.05) is 25.3 Å². The van der Waals surface area contributed by atoms with Crippen LogP contribution in [0, 0.1) is 12.8 Å². The van der Waals surface area contributed by atoms with Gasteiger partial charge in [-0.15, -0.1) is 0 Å². The molecule has 110 valence electrons. The minimum absolute atomic E-state index is 0.926. The Morgan fingerprint density at radius 1 is 0.900 bits per heavy atom. The molecule has 2 aliphatic heterocycles. The monoisotopic (exact) mass is 272 g/mol. The quantitative estimate of drug-likeness (QED) is 0.828. The summed E-state index contributed by atoms with van der Waals surface area (Å²) in [5, 5.41) is 0. The third-order valence-electron chi connectivity index (χ3n) is 4.98. The van der Waals surface area contributed by atoms with Crippen molar-refractivity contribution in [2.75, 3.05) is 37.6 Å². The smallest absolute Gasteiger partial charge is 0.0366 e. The standard InChI is InChI=1S/C18H28N2/c1-16-5-7-18(8-6-16)20-13-9-17(10-14-20)15-19-11-3-2-4-12-19/h5-8,17H,2-4,9-15H2,1H3. The Kier molecular flexibility index (Phi) is 4.62. The van der Waals surface area contributed by atoms with E-state index in [1.807, 2.05) is 0 Å². The largest absolute Gasteiger partial charge is 0.372 e. The average molecular weight is 272 g/mol. The van der Waals surface area contributed by atoms with Crippen molar-refractivity contribution in [2.24, 2.45) is 5.92 Å². The molecule has 2 nitrogen and oxygen atoms in total. The van der Waals surface area contributed by atoms with Crippen LogP contribution in [0.1, 0.15) is 37.7 Å². The number of rotatable bonds is 3. The number of benzene rings is 1. The lowest BCUT2D eigenvalue weighted by Gasteiger charge is -2.37. The van der Waals surface area contributed by atoms with E-state index in [2.05, 4.69) is 41.0 Å². The summed E-state index contributed by atoms with van der Waals surface area (Å²) in [6, 6.07) is 9.02. The number of aryl methyl sites for hydroxylation is 1. The lowest BCUT2D eigenvalue weighted by atomic mass is 9.95. The lowest BCUT2D eigenvalue weighted by molar-refractivity contribution is 0.181. The summed E-state index contributed by atoms with van der Waals surface area (Å²) < 4.78 is 0. The van der Waals surface area contributed by atoms with Crippen LogP contribution >= 0.6 is 0 Å². The summed E-state index contributed by atoms with van der Waals surface area (Å²) in [6.45, 7) is 8.68. The molecule has 0 spiro atoms. The highest BCUT2D eigenvalue weighted by Crippen LogP contribution is 2.25. The van der Waals surface area contributed by atoms with Crippen LogP contribution in [0.3, 0.4) is 0 Å². The lowest BCUT2D eigenvalue weighted by Crippen LogP contribution is -2.40. The average Bonchev–Trinajstić information content (AvgIpc) is 2.50. The van der Waals surface area contributed by atoms with Gasteiger partial charge in [-0.25, -0.2) is 0 Å². The van der Waals surface area contributed by atoms with Crippen molar-refractivity contribution >= 4 is 5.69 Å². The number of hydrogen-bond donors (Lipinski definition) is 0. The van der Waals surface area contributed by atoms with E-state index in [1.54, 1.807) is 0 Å². The fourth-order valence-electron chi connectivity index (χ4n) is 3.64. The molecule has 0 saturated carbocycles. The Morgan fingerprint density at radius 3 is 2.20 bits per heavy atom. The molecule has 1 aromatic carbocycles. The van der Waals surface area contributed by atoms with Gasteiger partial charge in [0.2, 0.25) is 0 Å². The Morgan fingerprint density at radius 2 is 1.55 bits per heavy atom. The Balaban J connectivity index is 1.47. The number of hydrogen-bond acceptors (Lipinski definition) is 2. The number of piperidine rings is 2. The molecular weight excluding hydrogens is 244 g/mol. The van der Waals surface area contributed by atoms with Crippen molar-refractivity contribution in [3.05, 3.63) is 29.8 Å². The molecule has 0 N–H and O–H groups in total. The van der Waals surface area contributed by atoms with Crippen LogP contribution in [-0.2, 0) is 0 Å². The minimum atomic E-state index is 0.926. The molecule has 0 radical (unpaired) electrons. The summed E-state index contributed by atoms with van der Waals surface area (Å²) in [7, 11) is 0. The van der Waals surface area contributed by atoms with Crippen molar-refractivity contribution < 1.29 is 0 Å². The van der Waals surface area contributed by atoms with Crippen molar-refractivity contribution in [2.45, 2.75) is 39.0 Å². The van der Waals surface area contributed by atoms with E-state index in [0.717, 1.165) is 5.92 Å². The number of likely N-dealkylation sites (tertiary alicyclic amines) is 1. The van der Waals surface area contributed by atoms with E-state index in [1.165, 1.54) is 76.1 Å². The van der Waals surface area contributed by atoms with Crippen LogP contribution in [0.2, 0.25) is 0 Å². The Hall–Kier alpha value is -1.02. The van der Waals surface area contributed by atoms with E-state index in [-0.39, 0.29) is 0 Å². The van der Waals surface area contributed by atoms with Crippen LogP contribution < -0.4 is 4.90 Å². The van der Waals surface area contributed by atoms with E-state index in [0.29, 0.717) is 0 Å². The highest BCUT2D eigenvalue weighted by Gasteiger charge is 2.22. The minimum Gasteiger partial charge on any atom is -0.372 e. The molecule has 2 aliphatic rings. The van der Waals surface area contributed by atoms with Crippen LogP contribution in [0.25, 0.3) is 0 Å². The van der Waals surface area contributed by atoms with E-state index >= 15 is 0 Å². The molecule has 0 aliphatic carbocycles. The highest BCUT2D eigenvalue weighted by molar-refractivity contribution is 5.47. The first-order valence-electron chi connectivity index (χ1n) is 8.35. The van der Waals surface area contributed by atoms with Crippen molar-refractivity contribution in [1.29, 1.82) is 0 Å². The van der Waals surface area contributed by atoms with Crippen LogP contribution in [0.15, 0.2) is 24.3 Å². The molecule has 0 amide bonds. The fraction of sp³-hybridized carbons (Fsp3) is 0.667. The second-order valence-electron chi connectivity index (χ2n) is 6.63. The normalized spacial score (nSPS) is 22.1. The van der Waals surface area contributed by atoms with E-state index in [4.69, 9.17) is 0 Å². The zero-order valence-corrected chi connectivity index (χ0v) is 12.9. The zero-order chi connectivity index (χ0) is 13.8. The second kappa shape index (κ2) is 6.62. The molecule has 2 heteroatoms. The summed E-state index contributed by atoms with van der Waals surface area (Å²) in [4.78, 5) is 5.27. The molecule has 0 aromatic heterocycles. The van der Waals surface area contributed by atoms with E-state index in [9.17, 15) is 0 Å². The van der Waals surface area contributed by atoms with Gasteiger partial charge in [0.15, 0.2) is 0 Å². The van der Waals surface area contributed by atoms with Gasteiger partial charge in [0.25, 0.3) is 0 Å². The van der Waals surface area contributed by atoms with Gasteiger partial charge in [-0.3, -0.25) is 0 Å². The SMILES string of the molecule is Cc1ccc(N2CCC(CN3CCCCC3)CC2)cc1. The summed E-state index contributed by atoms with van der Waals surface area (Å²) in [5.74, 6) is 0.926. The summed E-state index contributed by atoms with van der Waals surface area (Å²) in [5.41, 5.74) is 2.76. The maximum Gasteiger partial charge on any atom is 0.0366 e. The maximum atomic E-state index is 2.70. The third-order valence-corrected chi connectivity index (χ3v) is 4.98. The summed E-state index contributed by atoms with van der Waals surface area (Å²) in [6.07, 6.45) is 7.02. The first-order chi connectivity index (χ1) is 9.81. The molecular formula is C18H28N2. The maximum absolute atomic E-state index is 2.70. The van der Waals surface area contributed by atoms with Crippen LogP contribution in [-0.4, -0.2) is 37.6 Å². The fourth-order valence-corrected chi connectivity index (χ4v) is 3.64. The number of nitrogens with zero attached hydrogens (tertiary/aromatic N) is 2. The first kappa shape index (κ1) is 13.9. The molecule has 2 fully saturated rings. The van der Waals surface area contributed by atoms with Crippen LogP contribution in [0.4, 0.5) is 5.69 Å². The highest BCUT2D eigenvalue weighted by atomic mass is 15.2. The molecule has 2 heterocycles. The van der Waals surface area contributed by atoms with E-state index < -0.39 is 0 Å². The number of anilines is 1. The molecule has 20 heavy (non-hydrogen) atoms. The zero-order valence-electron chi connectivity index (χ0n) is 12.9. The Labute approximate surface area is 123 Å². The predicted molar refractivity (Wildman–Crippen MR) is 86.4 cm³/mol. The summed E-state index contributed by atoms with van der Waals surface area (Å²) >= 11 is 0. The van der Waals surface area contributed by atoms with Crippen molar-refractivity contribution in [3.8, 4) is 0 Å². The molecule has 0 atom stereocenters. The topological polar surface area (TPSA) is 6.48 Å². The van der Waals surface area contributed by atoms with Crippen LogP contribution in [0.5, 0.6) is 0 Å². The molecule has 0 unspecified atom stereocenters. The predicted octanol–water partition coefficient (Wildman–Crippen LogP) is 3.70. The first-order valence-corrected chi connectivity index (χ1v) is 8.35. The molecule has 0 bridgehead atoms. The molecule has 1 aromatic rings. The second-order valence-corrected chi connectivity index (χ2v) is 6.63. The van der Waals surface area contributed by atoms with Gasteiger partial charge in [-0.1, -0.05) is 24.1 Å².